The van der Waals surface area contributed by atoms with Crippen molar-refractivity contribution in [3.05, 3.63) is 83.6 Å². The molecule has 4 aromatic rings. The molecule has 0 bridgehead atoms. The van der Waals surface area contributed by atoms with Crippen molar-refractivity contribution in [2.75, 3.05) is 16.4 Å². The first-order valence-corrected chi connectivity index (χ1v) is 10.8. The Kier molecular flexibility index (Phi) is 6.78. The highest BCUT2D eigenvalue weighted by molar-refractivity contribution is 7.99. The second-order valence-corrected chi connectivity index (χ2v) is 7.80. The molecule has 2 heterocycles. The van der Waals surface area contributed by atoms with Gasteiger partial charge in [0.25, 0.3) is 11.1 Å². The van der Waals surface area contributed by atoms with Crippen molar-refractivity contribution in [2.24, 2.45) is 0 Å². The summed E-state index contributed by atoms with van der Waals surface area (Å²) in [5.41, 5.74) is 2.31. The second-order valence-electron chi connectivity index (χ2n) is 6.46. The summed E-state index contributed by atoms with van der Waals surface area (Å²) in [7, 11) is 0. The number of halogens is 1. The van der Waals surface area contributed by atoms with E-state index in [1.165, 1.54) is 6.20 Å². The maximum Gasteiger partial charge on any atom is 0.277 e. The number of nitrogens with one attached hydrogen (secondary N) is 2. The molecule has 8 nitrogen and oxygen atoms in total. The molecule has 2 aromatic heterocycles. The number of aromatic nitrogens is 3. The lowest BCUT2D eigenvalue weighted by molar-refractivity contribution is -0.113. The highest BCUT2D eigenvalue weighted by atomic mass is 35.5. The van der Waals surface area contributed by atoms with E-state index in [-0.39, 0.29) is 22.8 Å². The number of amides is 2. The van der Waals surface area contributed by atoms with Crippen LogP contribution in [0.2, 0.25) is 5.02 Å². The molecule has 0 aliphatic rings. The van der Waals surface area contributed by atoms with Gasteiger partial charge in [-0.1, -0.05) is 35.5 Å². The molecule has 2 amide bonds. The first-order valence-electron chi connectivity index (χ1n) is 9.41. The third kappa shape index (κ3) is 5.51. The van der Waals surface area contributed by atoms with Crippen LogP contribution in [0.1, 0.15) is 10.4 Å². The average Bonchev–Trinajstić information content (AvgIpc) is 3.29. The fourth-order valence-corrected chi connectivity index (χ4v) is 3.40. The number of thioether (sulfide) groups is 1. The highest BCUT2D eigenvalue weighted by Crippen LogP contribution is 2.25. The minimum atomic E-state index is -0.252. The van der Waals surface area contributed by atoms with Crippen LogP contribution in [0.5, 0.6) is 0 Å². The normalized spacial score (nSPS) is 10.5. The molecule has 0 aliphatic heterocycles. The quantitative estimate of drug-likeness (QED) is 0.378. The van der Waals surface area contributed by atoms with Gasteiger partial charge in [0, 0.05) is 23.6 Å². The van der Waals surface area contributed by atoms with Crippen molar-refractivity contribution in [2.45, 2.75) is 5.22 Å². The van der Waals surface area contributed by atoms with E-state index in [0.717, 1.165) is 11.8 Å². The molecule has 0 radical (unpaired) electrons. The topological polar surface area (TPSA) is 110 Å². The molecule has 160 valence electrons. The van der Waals surface area contributed by atoms with Gasteiger partial charge in [0.1, 0.15) is 0 Å². The molecule has 4 rings (SSSR count). The number of nitrogens with zero attached hydrogens (tertiary/aromatic N) is 3. The Labute approximate surface area is 192 Å². The van der Waals surface area contributed by atoms with Crippen LogP contribution >= 0.6 is 23.4 Å². The SMILES string of the molecule is O=C(CSc1nnc(-c2ccc(NC(=O)c3cccnc3)cc2)o1)Nc1ccccc1Cl. The van der Waals surface area contributed by atoms with Crippen LogP contribution in [0.4, 0.5) is 11.4 Å². The van der Waals surface area contributed by atoms with E-state index >= 15 is 0 Å². The lowest BCUT2D eigenvalue weighted by atomic mass is 10.2. The standard InChI is InChI=1S/C22H16ClN5O3S/c23-17-5-1-2-6-18(17)26-19(29)13-32-22-28-27-21(31-22)14-7-9-16(10-8-14)25-20(30)15-4-3-11-24-12-15/h1-12H,13H2,(H,25,30)(H,26,29). The van der Waals surface area contributed by atoms with Crippen LogP contribution in [0, 0.1) is 0 Å². The molecule has 2 N–H and O–H groups in total. The van der Waals surface area contributed by atoms with E-state index in [0.29, 0.717) is 33.4 Å². The number of hydrogen-bond donors (Lipinski definition) is 2. The Morgan fingerprint density at radius 2 is 1.78 bits per heavy atom. The summed E-state index contributed by atoms with van der Waals surface area (Å²) in [6.07, 6.45) is 3.10. The average molecular weight is 466 g/mol. The number of rotatable bonds is 7. The van der Waals surface area contributed by atoms with Crippen LogP contribution < -0.4 is 10.6 Å². The van der Waals surface area contributed by atoms with Crippen molar-refractivity contribution >= 4 is 46.6 Å². The van der Waals surface area contributed by atoms with Crippen molar-refractivity contribution in [1.82, 2.24) is 15.2 Å². The van der Waals surface area contributed by atoms with Crippen LogP contribution in [0.3, 0.4) is 0 Å². The van der Waals surface area contributed by atoms with Crippen LogP contribution in [0.25, 0.3) is 11.5 Å². The summed E-state index contributed by atoms with van der Waals surface area (Å²) in [5.74, 6) is -0.0929. The number of hydrogen-bond acceptors (Lipinski definition) is 7. The van der Waals surface area contributed by atoms with Gasteiger partial charge < -0.3 is 15.1 Å². The minimum absolute atomic E-state index is 0.0895. The molecule has 0 aliphatic carbocycles. The molecule has 0 saturated carbocycles. The molecule has 0 unspecified atom stereocenters. The molecule has 0 saturated heterocycles. The highest BCUT2D eigenvalue weighted by Gasteiger charge is 2.13. The maximum atomic E-state index is 12.2. The summed E-state index contributed by atoms with van der Waals surface area (Å²) >= 11 is 7.16. The Morgan fingerprint density at radius 3 is 2.53 bits per heavy atom. The Morgan fingerprint density at radius 1 is 0.969 bits per heavy atom. The summed E-state index contributed by atoms with van der Waals surface area (Å²) in [5, 5.41) is 14.2. The molecule has 10 heteroatoms. The number of pyridine rings is 1. The van der Waals surface area contributed by atoms with Crippen molar-refractivity contribution < 1.29 is 14.0 Å². The van der Waals surface area contributed by atoms with Crippen molar-refractivity contribution in [3.8, 4) is 11.5 Å². The summed E-state index contributed by atoms with van der Waals surface area (Å²) < 4.78 is 5.62. The maximum absolute atomic E-state index is 12.2. The third-order valence-corrected chi connectivity index (χ3v) is 5.34. The fourth-order valence-electron chi connectivity index (χ4n) is 2.66. The van der Waals surface area contributed by atoms with Gasteiger partial charge in [-0.2, -0.15) is 0 Å². The smallest absolute Gasteiger partial charge is 0.277 e. The lowest BCUT2D eigenvalue weighted by Gasteiger charge is -2.05. The number of carbonyl (C=O) groups excluding carboxylic acids is 2. The van der Waals surface area contributed by atoms with Crippen LogP contribution in [-0.2, 0) is 4.79 Å². The van der Waals surface area contributed by atoms with Crippen LogP contribution in [0.15, 0.2) is 82.7 Å². The van der Waals surface area contributed by atoms with Gasteiger partial charge >= 0.3 is 0 Å². The van der Waals surface area contributed by atoms with Crippen molar-refractivity contribution in [3.63, 3.8) is 0 Å². The Balaban J connectivity index is 1.32. The molecular weight excluding hydrogens is 450 g/mol. The Hall–Kier alpha value is -3.69. The van der Waals surface area contributed by atoms with Gasteiger partial charge in [-0.3, -0.25) is 14.6 Å². The van der Waals surface area contributed by atoms with E-state index in [9.17, 15) is 9.59 Å². The molecule has 0 spiro atoms. The van der Waals surface area contributed by atoms with Gasteiger partial charge in [0.15, 0.2) is 0 Å². The third-order valence-electron chi connectivity index (χ3n) is 4.19. The van der Waals surface area contributed by atoms with E-state index in [1.54, 1.807) is 66.9 Å². The van der Waals surface area contributed by atoms with Crippen LogP contribution in [-0.4, -0.2) is 32.7 Å². The first kappa shape index (κ1) is 21.5. The van der Waals surface area contributed by atoms with Gasteiger partial charge in [0.2, 0.25) is 11.8 Å². The van der Waals surface area contributed by atoms with Gasteiger partial charge in [-0.15, -0.1) is 10.2 Å². The zero-order valence-electron chi connectivity index (χ0n) is 16.5. The van der Waals surface area contributed by atoms with E-state index < -0.39 is 0 Å². The van der Waals surface area contributed by atoms with E-state index in [1.807, 2.05) is 0 Å². The summed E-state index contributed by atoms with van der Waals surface area (Å²) in [4.78, 5) is 28.3. The predicted molar refractivity (Wildman–Crippen MR) is 123 cm³/mol. The first-order chi connectivity index (χ1) is 15.6. The largest absolute Gasteiger partial charge is 0.411 e. The lowest BCUT2D eigenvalue weighted by Crippen LogP contribution is -2.14. The van der Waals surface area contributed by atoms with E-state index in [4.69, 9.17) is 16.0 Å². The van der Waals surface area contributed by atoms with Gasteiger partial charge in [0.05, 0.1) is 22.0 Å². The predicted octanol–water partition coefficient (Wildman–Crippen LogP) is 4.77. The number of anilines is 2. The molecule has 0 fully saturated rings. The zero-order valence-corrected chi connectivity index (χ0v) is 18.1. The van der Waals surface area contributed by atoms with Crippen molar-refractivity contribution in [1.29, 1.82) is 0 Å². The minimum Gasteiger partial charge on any atom is -0.411 e. The molecule has 2 aromatic carbocycles. The fraction of sp³-hybridized carbons (Fsp3) is 0.0455. The second kappa shape index (κ2) is 10.1. The van der Waals surface area contributed by atoms with Gasteiger partial charge in [-0.05, 0) is 48.5 Å². The van der Waals surface area contributed by atoms with E-state index in [2.05, 4.69) is 25.8 Å². The van der Waals surface area contributed by atoms with Gasteiger partial charge in [-0.25, -0.2) is 0 Å². The number of carbonyl (C=O) groups is 2. The summed E-state index contributed by atoms with van der Waals surface area (Å²) in [6.45, 7) is 0. The molecular formula is C22H16ClN5O3S. The molecule has 0 atom stereocenters. The summed E-state index contributed by atoms with van der Waals surface area (Å²) in [6, 6.07) is 17.4. The number of benzene rings is 2. The Bertz CT molecular complexity index is 1230. The zero-order chi connectivity index (χ0) is 22.3. The molecule has 32 heavy (non-hydrogen) atoms. The number of para-hydroxylation sites is 1. The monoisotopic (exact) mass is 465 g/mol.